The fraction of sp³-hybridized carbons (Fsp3) is 0.349. The van der Waals surface area contributed by atoms with Gasteiger partial charge in [0.2, 0.25) is 11.8 Å². The van der Waals surface area contributed by atoms with Crippen LogP contribution >= 0.6 is 23.2 Å². The van der Waals surface area contributed by atoms with Gasteiger partial charge in [0.25, 0.3) is 0 Å². The van der Waals surface area contributed by atoms with E-state index in [1.54, 1.807) is 11.1 Å². The molecule has 2 fully saturated rings. The number of pyridine rings is 3. The summed E-state index contributed by atoms with van der Waals surface area (Å²) in [6.45, 7) is 7.90. The molecule has 0 radical (unpaired) electrons. The Kier molecular flexibility index (Phi) is 11.7. The summed E-state index contributed by atoms with van der Waals surface area (Å²) >= 11 is 14.3. The van der Waals surface area contributed by atoms with Crippen molar-refractivity contribution >= 4 is 52.1 Å². The van der Waals surface area contributed by atoms with Crippen LogP contribution in [0.4, 0.5) is 4.79 Å². The fourth-order valence-electron chi connectivity index (χ4n) is 7.18. The first-order valence-corrected chi connectivity index (χ1v) is 19.5. The first-order valence-electron chi connectivity index (χ1n) is 18.7. The molecule has 3 aromatic heterocycles. The van der Waals surface area contributed by atoms with E-state index in [0.717, 1.165) is 27.6 Å². The second-order valence-electron chi connectivity index (χ2n) is 15.4. The molecule has 2 aliphatic rings. The Morgan fingerprint density at radius 1 is 0.912 bits per heavy atom. The van der Waals surface area contributed by atoms with Crippen molar-refractivity contribution in [2.45, 2.75) is 58.3 Å². The molecule has 1 atom stereocenters. The Bertz CT molecular complexity index is 2340. The highest BCUT2D eigenvalue weighted by molar-refractivity contribution is 6.39. The van der Waals surface area contributed by atoms with Crippen molar-refractivity contribution in [1.29, 1.82) is 0 Å². The molecule has 12 nitrogen and oxygen atoms in total. The molecule has 2 saturated heterocycles. The van der Waals surface area contributed by atoms with E-state index in [-0.39, 0.29) is 36.9 Å². The van der Waals surface area contributed by atoms with Crippen molar-refractivity contribution in [3.8, 4) is 39.5 Å². The SMILES string of the molecule is COC(=O)C1CN(Cc2cnc3cc(-c4cccc(-c5cccc(-c6ccc(CN(CC7CCC(=O)N7)C(=O)OC(C)(C)C)c(OC)n6)c5Cl)c4Cl)ncc3c2)C1. The Morgan fingerprint density at radius 2 is 1.60 bits per heavy atom. The minimum absolute atomic E-state index is 0.0335. The summed E-state index contributed by atoms with van der Waals surface area (Å²) in [7, 11) is 2.95. The van der Waals surface area contributed by atoms with Gasteiger partial charge in [0.1, 0.15) is 5.60 Å². The van der Waals surface area contributed by atoms with E-state index < -0.39 is 11.7 Å². The van der Waals surface area contributed by atoms with Crippen molar-refractivity contribution in [3.05, 3.63) is 94.2 Å². The Hall–Kier alpha value is -5.30. The van der Waals surface area contributed by atoms with Crippen LogP contribution in [0.3, 0.4) is 0 Å². The summed E-state index contributed by atoms with van der Waals surface area (Å²) in [5.41, 5.74) is 5.86. The lowest BCUT2D eigenvalue weighted by atomic mass is 9.98. The normalized spacial score (nSPS) is 15.9. The molecule has 0 spiro atoms. The zero-order chi connectivity index (χ0) is 40.4. The van der Waals surface area contributed by atoms with E-state index in [4.69, 9.17) is 52.4 Å². The zero-order valence-electron chi connectivity index (χ0n) is 32.5. The van der Waals surface area contributed by atoms with Crippen molar-refractivity contribution in [3.63, 3.8) is 0 Å². The fourth-order valence-corrected chi connectivity index (χ4v) is 7.83. The second-order valence-corrected chi connectivity index (χ2v) is 16.1. The Morgan fingerprint density at radius 3 is 2.23 bits per heavy atom. The van der Waals surface area contributed by atoms with Crippen LogP contribution < -0.4 is 10.1 Å². The number of methoxy groups -OCH3 is 2. The highest BCUT2D eigenvalue weighted by Crippen LogP contribution is 2.42. The number of aromatic nitrogens is 3. The number of carbonyl (C=O) groups is 3. The molecule has 1 N–H and O–H groups in total. The Balaban J connectivity index is 1.12. The molecule has 0 bridgehead atoms. The highest BCUT2D eigenvalue weighted by atomic mass is 35.5. The summed E-state index contributed by atoms with van der Waals surface area (Å²) in [4.78, 5) is 55.0. The summed E-state index contributed by atoms with van der Waals surface area (Å²) < 4.78 is 16.3. The van der Waals surface area contributed by atoms with Crippen LogP contribution in [0.15, 0.2) is 73.1 Å². The maximum absolute atomic E-state index is 13.3. The molecule has 5 aromatic rings. The molecule has 0 saturated carbocycles. The molecule has 2 aliphatic heterocycles. The number of esters is 1. The van der Waals surface area contributed by atoms with Gasteiger partial charge < -0.3 is 24.4 Å². The van der Waals surface area contributed by atoms with E-state index in [1.807, 2.05) is 81.6 Å². The van der Waals surface area contributed by atoms with Crippen LogP contribution in [0.25, 0.3) is 44.5 Å². The van der Waals surface area contributed by atoms with Gasteiger partial charge in [0, 0.05) is 84.2 Å². The lowest BCUT2D eigenvalue weighted by molar-refractivity contribution is -0.151. The maximum atomic E-state index is 13.3. The maximum Gasteiger partial charge on any atom is 0.410 e. The van der Waals surface area contributed by atoms with Gasteiger partial charge in [0.15, 0.2) is 0 Å². The van der Waals surface area contributed by atoms with E-state index >= 15 is 0 Å². The molecular weight excluding hydrogens is 767 g/mol. The molecule has 296 valence electrons. The van der Waals surface area contributed by atoms with Gasteiger partial charge in [0.05, 0.1) is 53.6 Å². The number of halogens is 2. The molecule has 7 rings (SSSR count). The molecule has 14 heteroatoms. The van der Waals surface area contributed by atoms with Crippen molar-refractivity contribution in [2.24, 2.45) is 5.92 Å². The third-order valence-corrected chi connectivity index (χ3v) is 10.8. The standard InChI is InChI=1S/C43H44Cl2N6O6/c1-43(2,3)57-42(54)51(24-29-13-15-37(52)48-29)23-26-12-14-34(49-40(26)55-4)32-10-6-8-30(38(32)44)31-9-7-11-33(39(31)45)36-17-35-27(19-47-36)16-25(18-46-35)20-50-21-28(22-50)41(53)56-5/h6-12,14,16-19,28-29H,13,15,20-24H2,1-5H3,(H,48,52). The molecule has 2 amide bonds. The number of benzene rings is 2. The number of fused-ring (bicyclic) bond motifs is 1. The van der Waals surface area contributed by atoms with Gasteiger partial charge in [-0.05, 0) is 57.0 Å². The summed E-state index contributed by atoms with van der Waals surface area (Å²) in [5, 5.41) is 4.77. The van der Waals surface area contributed by atoms with Gasteiger partial charge in [-0.25, -0.2) is 9.78 Å². The third kappa shape index (κ3) is 8.98. The number of likely N-dealkylation sites (tertiary alicyclic amines) is 1. The summed E-state index contributed by atoms with van der Waals surface area (Å²) in [5.74, 6) is 0.0478. The van der Waals surface area contributed by atoms with Gasteiger partial charge in [-0.15, -0.1) is 0 Å². The molecule has 2 aromatic carbocycles. The number of amides is 2. The highest BCUT2D eigenvalue weighted by Gasteiger charge is 2.33. The Labute approximate surface area is 341 Å². The molecule has 5 heterocycles. The molecule has 0 aliphatic carbocycles. The van der Waals surface area contributed by atoms with Crippen molar-refractivity contribution < 1.29 is 28.6 Å². The third-order valence-electron chi connectivity index (χ3n) is 10.0. The van der Waals surface area contributed by atoms with Crippen molar-refractivity contribution in [2.75, 3.05) is 33.9 Å². The number of hydrogen-bond acceptors (Lipinski definition) is 10. The number of nitrogens with one attached hydrogen (secondary N) is 1. The van der Waals surface area contributed by atoms with Crippen LogP contribution in [0.1, 0.15) is 44.7 Å². The summed E-state index contributed by atoms with van der Waals surface area (Å²) in [6, 6.07) is 18.9. The number of hydrogen-bond donors (Lipinski definition) is 1. The number of ether oxygens (including phenoxy) is 3. The minimum Gasteiger partial charge on any atom is -0.481 e. The zero-order valence-corrected chi connectivity index (χ0v) is 34.0. The largest absolute Gasteiger partial charge is 0.481 e. The van der Waals surface area contributed by atoms with E-state index in [1.165, 1.54) is 14.2 Å². The second kappa shape index (κ2) is 16.7. The number of carbonyl (C=O) groups excluding carboxylic acids is 3. The first kappa shape index (κ1) is 39.9. The first-order chi connectivity index (χ1) is 27.3. The molecular formula is C43H44Cl2N6O6. The van der Waals surface area contributed by atoms with E-state index in [9.17, 15) is 14.4 Å². The quantitative estimate of drug-likeness (QED) is 0.131. The monoisotopic (exact) mass is 810 g/mol. The number of nitrogens with zero attached hydrogens (tertiary/aromatic N) is 5. The predicted octanol–water partition coefficient (Wildman–Crippen LogP) is 7.96. The predicted molar refractivity (Wildman–Crippen MR) is 219 cm³/mol. The minimum atomic E-state index is -0.701. The van der Waals surface area contributed by atoms with E-state index in [0.29, 0.717) is 76.5 Å². The number of rotatable bonds is 11. The summed E-state index contributed by atoms with van der Waals surface area (Å²) in [6.07, 6.45) is 4.21. The van der Waals surface area contributed by atoms with Crippen LogP contribution in [-0.4, -0.2) is 88.2 Å². The van der Waals surface area contributed by atoms with Gasteiger partial charge in [-0.3, -0.25) is 24.5 Å². The van der Waals surface area contributed by atoms with Crippen LogP contribution in [0, 0.1) is 5.92 Å². The smallest absolute Gasteiger partial charge is 0.410 e. The molecule has 1 unspecified atom stereocenters. The average molecular weight is 812 g/mol. The van der Waals surface area contributed by atoms with E-state index in [2.05, 4.69) is 16.3 Å². The van der Waals surface area contributed by atoms with Crippen LogP contribution in [-0.2, 0) is 32.2 Å². The lowest BCUT2D eigenvalue weighted by Gasteiger charge is -2.37. The van der Waals surface area contributed by atoms with Gasteiger partial charge in [-0.2, -0.15) is 0 Å². The van der Waals surface area contributed by atoms with Gasteiger partial charge >= 0.3 is 12.1 Å². The average Bonchev–Trinajstić information content (AvgIpc) is 3.59. The van der Waals surface area contributed by atoms with Crippen LogP contribution in [0.2, 0.25) is 10.0 Å². The van der Waals surface area contributed by atoms with Crippen molar-refractivity contribution in [1.82, 2.24) is 30.1 Å². The van der Waals surface area contributed by atoms with Gasteiger partial charge in [-0.1, -0.05) is 59.6 Å². The lowest BCUT2D eigenvalue weighted by Crippen LogP contribution is -2.49. The molecule has 57 heavy (non-hydrogen) atoms. The van der Waals surface area contributed by atoms with Crippen LogP contribution in [0.5, 0.6) is 5.88 Å². The topological polar surface area (TPSA) is 136 Å².